The van der Waals surface area contributed by atoms with Gasteiger partial charge in [-0.2, -0.15) is 0 Å². The standard InChI is InChI=1S/C30H34Cl2N2O2S/c1-20(2)33-30(36)28(16-23-8-6-5-7-9-23)34(17-24-10-11-26(31)27(32)15-24)29(35)19-37-18-25-13-21(3)12-22(4)14-25/h5-15,20,28H,16-19H2,1-4H3,(H,33,36)/t28-/m1/s1. The predicted octanol–water partition coefficient (Wildman–Crippen LogP) is 7.01. The third-order valence-corrected chi connectivity index (χ3v) is 7.54. The number of hydrogen-bond donors (Lipinski definition) is 1. The Morgan fingerprint density at radius 1 is 0.865 bits per heavy atom. The summed E-state index contributed by atoms with van der Waals surface area (Å²) in [5, 5.41) is 3.88. The number of thioether (sulfide) groups is 1. The second-order valence-electron chi connectivity index (χ2n) is 9.63. The quantitative estimate of drug-likeness (QED) is 0.276. The van der Waals surface area contributed by atoms with E-state index in [2.05, 4.69) is 37.4 Å². The zero-order valence-electron chi connectivity index (χ0n) is 21.8. The number of rotatable bonds is 11. The van der Waals surface area contributed by atoms with Crippen LogP contribution >= 0.6 is 35.0 Å². The van der Waals surface area contributed by atoms with Gasteiger partial charge in [0, 0.05) is 24.8 Å². The molecule has 0 aliphatic rings. The molecule has 4 nitrogen and oxygen atoms in total. The van der Waals surface area contributed by atoms with Crippen molar-refractivity contribution < 1.29 is 9.59 Å². The van der Waals surface area contributed by atoms with Crippen LogP contribution in [0.4, 0.5) is 0 Å². The van der Waals surface area contributed by atoms with Gasteiger partial charge in [0.2, 0.25) is 11.8 Å². The van der Waals surface area contributed by atoms with Gasteiger partial charge in [0.05, 0.1) is 15.8 Å². The fourth-order valence-electron chi connectivity index (χ4n) is 4.26. The van der Waals surface area contributed by atoms with Crippen LogP contribution in [-0.4, -0.2) is 34.6 Å². The van der Waals surface area contributed by atoms with Crippen molar-refractivity contribution in [2.75, 3.05) is 5.75 Å². The fourth-order valence-corrected chi connectivity index (χ4v) is 5.43. The van der Waals surface area contributed by atoms with Gasteiger partial charge in [-0.25, -0.2) is 0 Å². The van der Waals surface area contributed by atoms with Crippen LogP contribution in [0.15, 0.2) is 66.7 Å². The summed E-state index contributed by atoms with van der Waals surface area (Å²) in [6.45, 7) is 8.24. The first kappa shape index (κ1) is 29.1. The maximum absolute atomic E-state index is 13.7. The molecular formula is C30H34Cl2N2O2S. The Kier molecular flexibility index (Phi) is 10.9. The lowest BCUT2D eigenvalue weighted by Gasteiger charge is -2.32. The van der Waals surface area contributed by atoms with Crippen molar-refractivity contribution in [2.24, 2.45) is 0 Å². The van der Waals surface area contributed by atoms with E-state index < -0.39 is 6.04 Å². The topological polar surface area (TPSA) is 49.4 Å². The smallest absolute Gasteiger partial charge is 0.243 e. The zero-order chi connectivity index (χ0) is 26.9. The molecule has 0 saturated carbocycles. The molecule has 7 heteroatoms. The molecule has 37 heavy (non-hydrogen) atoms. The predicted molar refractivity (Wildman–Crippen MR) is 156 cm³/mol. The minimum Gasteiger partial charge on any atom is -0.352 e. The van der Waals surface area contributed by atoms with Crippen molar-refractivity contribution in [1.82, 2.24) is 10.2 Å². The minimum absolute atomic E-state index is 0.0494. The van der Waals surface area contributed by atoms with Crippen LogP contribution in [0.25, 0.3) is 0 Å². The number of halogens is 2. The van der Waals surface area contributed by atoms with E-state index in [0.29, 0.717) is 16.5 Å². The Morgan fingerprint density at radius 3 is 2.16 bits per heavy atom. The maximum atomic E-state index is 13.7. The molecule has 1 atom stereocenters. The molecule has 1 N–H and O–H groups in total. The second kappa shape index (κ2) is 13.9. The van der Waals surface area contributed by atoms with Gasteiger partial charge >= 0.3 is 0 Å². The van der Waals surface area contributed by atoms with Crippen LogP contribution in [0.5, 0.6) is 0 Å². The molecule has 0 aromatic heterocycles. The van der Waals surface area contributed by atoms with Crippen LogP contribution in [-0.2, 0) is 28.3 Å². The molecule has 3 rings (SSSR count). The highest BCUT2D eigenvalue weighted by molar-refractivity contribution is 7.99. The molecule has 0 aliphatic carbocycles. The molecule has 3 aromatic carbocycles. The van der Waals surface area contributed by atoms with Crippen LogP contribution in [0.1, 0.15) is 41.7 Å². The highest BCUT2D eigenvalue weighted by Crippen LogP contribution is 2.25. The van der Waals surface area contributed by atoms with Gasteiger partial charge in [-0.3, -0.25) is 9.59 Å². The van der Waals surface area contributed by atoms with Crippen molar-refractivity contribution >= 4 is 46.8 Å². The van der Waals surface area contributed by atoms with Gasteiger partial charge in [-0.15, -0.1) is 11.8 Å². The van der Waals surface area contributed by atoms with E-state index in [1.165, 1.54) is 16.7 Å². The van der Waals surface area contributed by atoms with E-state index in [9.17, 15) is 9.59 Å². The van der Waals surface area contributed by atoms with E-state index in [1.807, 2.05) is 50.2 Å². The molecule has 2 amide bonds. The van der Waals surface area contributed by atoms with Crippen molar-refractivity contribution in [3.8, 4) is 0 Å². The van der Waals surface area contributed by atoms with Crippen LogP contribution in [0.3, 0.4) is 0 Å². The minimum atomic E-state index is -0.673. The summed E-state index contributed by atoms with van der Waals surface area (Å²) in [6, 6.07) is 20.8. The number of hydrogen-bond acceptors (Lipinski definition) is 3. The molecule has 0 radical (unpaired) electrons. The Morgan fingerprint density at radius 2 is 1.54 bits per heavy atom. The second-order valence-corrected chi connectivity index (χ2v) is 11.4. The van der Waals surface area contributed by atoms with Gasteiger partial charge < -0.3 is 10.2 Å². The lowest BCUT2D eigenvalue weighted by molar-refractivity contribution is -0.139. The third-order valence-electron chi connectivity index (χ3n) is 5.81. The summed E-state index contributed by atoms with van der Waals surface area (Å²) in [4.78, 5) is 28.8. The van der Waals surface area contributed by atoms with Crippen molar-refractivity contribution in [2.45, 2.75) is 58.5 Å². The van der Waals surface area contributed by atoms with E-state index in [0.717, 1.165) is 16.9 Å². The van der Waals surface area contributed by atoms with Gasteiger partial charge in [0.25, 0.3) is 0 Å². The molecule has 0 spiro atoms. The highest BCUT2D eigenvalue weighted by atomic mass is 35.5. The van der Waals surface area contributed by atoms with Crippen LogP contribution in [0.2, 0.25) is 10.0 Å². The lowest BCUT2D eigenvalue weighted by Crippen LogP contribution is -2.52. The number of aryl methyl sites for hydroxylation is 2. The number of carbonyl (C=O) groups excluding carboxylic acids is 2. The average Bonchev–Trinajstić information content (AvgIpc) is 2.83. The molecule has 0 heterocycles. The summed E-state index contributed by atoms with van der Waals surface area (Å²) in [6.07, 6.45) is 0.411. The van der Waals surface area contributed by atoms with E-state index in [-0.39, 0.29) is 30.2 Å². The Balaban J connectivity index is 1.87. The number of nitrogens with one attached hydrogen (secondary N) is 1. The average molecular weight is 558 g/mol. The number of carbonyl (C=O) groups is 2. The Bertz CT molecular complexity index is 1200. The van der Waals surface area contributed by atoms with Gasteiger partial charge in [-0.1, -0.05) is 88.9 Å². The molecule has 0 unspecified atom stereocenters. The van der Waals surface area contributed by atoms with Gasteiger partial charge in [0.1, 0.15) is 6.04 Å². The first-order chi connectivity index (χ1) is 17.6. The molecular weight excluding hydrogens is 523 g/mol. The first-order valence-electron chi connectivity index (χ1n) is 12.3. The van der Waals surface area contributed by atoms with Crippen molar-refractivity contribution in [1.29, 1.82) is 0 Å². The molecule has 3 aromatic rings. The first-order valence-corrected chi connectivity index (χ1v) is 14.3. The highest BCUT2D eigenvalue weighted by Gasteiger charge is 2.30. The van der Waals surface area contributed by atoms with Crippen molar-refractivity contribution in [3.63, 3.8) is 0 Å². The van der Waals surface area contributed by atoms with Crippen LogP contribution in [0, 0.1) is 13.8 Å². The van der Waals surface area contributed by atoms with E-state index in [1.54, 1.807) is 28.8 Å². The van der Waals surface area contributed by atoms with E-state index >= 15 is 0 Å². The summed E-state index contributed by atoms with van der Waals surface area (Å²) in [5.74, 6) is 0.706. The Hall–Kier alpha value is -2.47. The molecule has 0 bridgehead atoms. The largest absolute Gasteiger partial charge is 0.352 e. The molecule has 196 valence electrons. The van der Waals surface area contributed by atoms with E-state index in [4.69, 9.17) is 23.2 Å². The van der Waals surface area contributed by atoms with Crippen molar-refractivity contribution in [3.05, 3.63) is 105 Å². The maximum Gasteiger partial charge on any atom is 0.243 e. The van der Waals surface area contributed by atoms with Gasteiger partial charge in [-0.05, 0) is 56.5 Å². The third kappa shape index (κ3) is 9.10. The summed E-state index contributed by atoms with van der Waals surface area (Å²) >= 11 is 14.0. The molecule has 0 aliphatic heterocycles. The normalized spacial score (nSPS) is 11.9. The number of benzene rings is 3. The summed E-state index contributed by atoms with van der Waals surface area (Å²) in [7, 11) is 0. The molecule has 0 fully saturated rings. The van der Waals surface area contributed by atoms with Crippen LogP contribution < -0.4 is 5.32 Å². The SMILES string of the molecule is Cc1cc(C)cc(CSCC(=O)N(Cc2ccc(Cl)c(Cl)c2)[C@H](Cc2ccccc2)C(=O)NC(C)C)c1. The number of amides is 2. The summed E-state index contributed by atoms with van der Waals surface area (Å²) < 4.78 is 0. The fraction of sp³-hybridized carbons (Fsp3) is 0.333. The van der Waals surface area contributed by atoms with Gasteiger partial charge in [0.15, 0.2) is 0 Å². The summed E-state index contributed by atoms with van der Waals surface area (Å²) in [5.41, 5.74) is 5.40. The monoisotopic (exact) mass is 556 g/mol. The Labute approximate surface area is 234 Å². The lowest BCUT2D eigenvalue weighted by atomic mass is 10.0. The number of nitrogens with zero attached hydrogens (tertiary/aromatic N) is 1. The zero-order valence-corrected chi connectivity index (χ0v) is 24.1. The molecule has 0 saturated heterocycles.